The highest BCUT2D eigenvalue weighted by atomic mass is 16.3. The van der Waals surface area contributed by atoms with E-state index in [1.165, 1.54) is 6.07 Å². The molecule has 0 aliphatic carbocycles. The molecular weight excluding hydrogens is 352 g/mol. The van der Waals surface area contributed by atoms with Gasteiger partial charge >= 0.3 is 0 Å². The van der Waals surface area contributed by atoms with Gasteiger partial charge < -0.3 is 10.4 Å². The van der Waals surface area contributed by atoms with E-state index in [0.29, 0.717) is 24.1 Å². The zero-order chi connectivity index (χ0) is 19.5. The van der Waals surface area contributed by atoms with E-state index in [0.717, 1.165) is 11.3 Å². The van der Waals surface area contributed by atoms with Gasteiger partial charge in [0.2, 0.25) is 5.91 Å². The number of amides is 2. The maximum Gasteiger partial charge on any atom is 0.259 e. The van der Waals surface area contributed by atoms with Crippen molar-refractivity contribution in [2.45, 2.75) is 18.9 Å². The largest absolute Gasteiger partial charge is 0.506 e. The van der Waals surface area contributed by atoms with E-state index in [1.54, 1.807) is 47.4 Å². The second-order valence-electron chi connectivity index (χ2n) is 6.73. The van der Waals surface area contributed by atoms with Crippen LogP contribution in [0.15, 0.2) is 78.9 Å². The zero-order valence-corrected chi connectivity index (χ0v) is 15.2. The average Bonchev–Trinajstić information content (AvgIpc) is 2.74. The second-order valence-corrected chi connectivity index (χ2v) is 6.73. The zero-order valence-electron chi connectivity index (χ0n) is 15.2. The van der Waals surface area contributed by atoms with Crippen molar-refractivity contribution in [2.75, 3.05) is 10.2 Å². The van der Waals surface area contributed by atoms with Crippen LogP contribution in [0.25, 0.3) is 0 Å². The lowest BCUT2D eigenvalue weighted by Crippen LogP contribution is -2.50. The predicted molar refractivity (Wildman–Crippen MR) is 109 cm³/mol. The lowest BCUT2D eigenvalue weighted by atomic mass is 9.94. The minimum absolute atomic E-state index is 0.00649. The standard InChI is InChI=1S/C23H20N2O3/c26-21-13-7-5-11-18(21)24-22(27)20-15-14-16-8-4-6-12-19(16)25(20)23(28)17-9-2-1-3-10-17/h1-13,20,26H,14-15H2,(H,24,27). The van der Waals surface area contributed by atoms with Crippen LogP contribution in [-0.4, -0.2) is 23.0 Å². The topological polar surface area (TPSA) is 69.6 Å². The molecule has 0 fully saturated rings. The van der Waals surface area contributed by atoms with Crippen LogP contribution in [-0.2, 0) is 11.2 Å². The molecule has 3 aromatic rings. The van der Waals surface area contributed by atoms with E-state index < -0.39 is 6.04 Å². The molecule has 0 saturated carbocycles. The Morgan fingerprint density at radius 2 is 1.57 bits per heavy atom. The molecule has 0 saturated heterocycles. The molecule has 1 heterocycles. The van der Waals surface area contributed by atoms with Gasteiger partial charge in [0.15, 0.2) is 0 Å². The molecule has 0 radical (unpaired) electrons. The molecule has 0 bridgehead atoms. The monoisotopic (exact) mass is 372 g/mol. The normalized spacial score (nSPS) is 15.6. The molecule has 5 heteroatoms. The fourth-order valence-electron chi connectivity index (χ4n) is 3.56. The number of phenolic OH excluding ortho intramolecular Hbond substituents is 1. The summed E-state index contributed by atoms with van der Waals surface area (Å²) in [7, 11) is 0. The number of carbonyl (C=O) groups excluding carboxylic acids is 2. The number of fused-ring (bicyclic) bond motifs is 1. The van der Waals surface area contributed by atoms with Gasteiger partial charge in [-0.25, -0.2) is 0 Å². The van der Waals surface area contributed by atoms with E-state index in [1.807, 2.05) is 30.3 Å². The van der Waals surface area contributed by atoms with E-state index in [4.69, 9.17) is 0 Å². The third-order valence-electron chi connectivity index (χ3n) is 4.95. The molecule has 4 rings (SSSR count). The van der Waals surface area contributed by atoms with Gasteiger partial charge in [0.05, 0.1) is 5.69 Å². The second kappa shape index (κ2) is 7.56. The molecule has 1 aliphatic rings. The summed E-state index contributed by atoms with van der Waals surface area (Å²) < 4.78 is 0. The average molecular weight is 372 g/mol. The Kier molecular flexibility index (Phi) is 4.81. The number of hydrogen-bond donors (Lipinski definition) is 2. The Hall–Kier alpha value is -3.60. The highest BCUT2D eigenvalue weighted by molar-refractivity contribution is 6.12. The molecule has 1 unspecified atom stereocenters. The van der Waals surface area contributed by atoms with Crippen molar-refractivity contribution in [3.05, 3.63) is 90.0 Å². The highest BCUT2D eigenvalue weighted by Gasteiger charge is 2.36. The fourth-order valence-corrected chi connectivity index (χ4v) is 3.56. The number of aryl methyl sites for hydroxylation is 1. The van der Waals surface area contributed by atoms with Gasteiger partial charge in [-0.2, -0.15) is 0 Å². The molecule has 0 aromatic heterocycles. The number of benzene rings is 3. The first-order chi connectivity index (χ1) is 13.6. The van der Waals surface area contributed by atoms with Gasteiger partial charge in [-0.15, -0.1) is 0 Å². The Morgan fingerprint density at radius 1 is 0.893 bits per heavy atom. The number of anilines is 2. The summed E-state index contributed by atoms with van der Waals surface area (Å²) in [6, 6.07) is 22.5. The predicted octanol–water partition coefficient (Wildman–Crippen LogP) is 3.99. The highest BCUT2D eigenvalue weighted by Crippen LogP contribution is 2.33. The van der Waals surface area contributed by atoms with E-state index in [2.05, 4.69) is 5.32 Å². The Labute approximate surface area is 163 Å². The maximum absolute atomic E-state index is 13.3. The number of para-hydroxylation sites is 3. The summed E-state index contributed by atoms with van der Waals surface area (Å²) in [5, 5.41) is 12.7. The number of aromatic hydroxyl groups is 1. The third kappa shape index (κ3) is 3.34. The number of rotatable bonds is 3. The molecular formula is C23H20N2O3. The first-order valence-corrected chi connectivity index (χ1v) is 9.20. The van der Waals surface area contributed by atoms with Crippen molar-refractivity contribution in [2.24, 2.45) is 0 Å². The van der Waals surface area contributed by atoms with Crippen LogP contribution in [0.4, 0.5) is 11.4 Å². The van der Waals surface area contributed by atoms with Crippen LogP contribution < -0.4 is 10.2 Å². The van der Waals surface area contributed by atoms with Crippen LogP contribution in [0.3, 0.4) is 0 Å². The summed E-state index contributed by atoms with van der Waals surface area (Å²) in [6.07, 6.45) is 1.21. The van der Waals surface area contributed by atoms with Gasteiger partial charge in [-0.3, -0.25) is 14.5 Å². The molecule has 2 amide bonds. The molecule has 2 N–H and O–H groups in total. The van der Waals surface area contributed by atoms with Crippen LogP contribution in [0, 0.1) is 0 Å². The van der Waals surface area contributed by atoms with Gasteiger partial charge in [0.1, 0.15) is 11.8 Å². The number of nitrogens with one attached hydrogen (secondary N) is 1. The van der Waals surface area contributed by atoms with Crippen molar-refractivity contribution in [3.63, 3.8) is 0 Å². The molecule has 28 heavy (non-hydrogen) atoms. The van der Waals surface area contributed by atoms with Crippen molar-refractivity contribution in [1.82, 2.24) is 0 Å². The van der Waals surface area contributed by atoms with Gasteiger partial charge in [0.25, 0.3) is 5.91 Å². The van der Waals surface area contributed by atoms with E-state index >= 15 is 0 Å². The van der Waals surface area contributed by atoms with Gasteiger partial charge in [0, 0.05) is 11.3 Å². The SMILES string of the molecule is O=C(Nc1ccccc1O)C1CCc2ccccc2N1C(=O)c1ccccc1. The molecule has 5 nitrogen and oxygen atoms in total. The van der Waals surface area contributed by atoms with Crippen LogP contribution in [0.2, 0.25) is 0 Å². The van der Waals surface area contributed by atoms with Crippen LogP contribution in [0.1, 0.15) is 22.3 Å². The van der Waals surface area contributed by atoms with Crippen molar-refractivity contribution >= 4 is 23.2 Å². The van der Waals surface area contributed by atoms with Gasteiger partial charge in [-0.1, -0.05) is 48.5 Å². The molecule has 140 valence electrons. The van der Waals surface area contributed by atoms with Crippen molar-refractivity contribution < 1.29 is 14.7 Å². The van der Waals surface area contributed by atoms with Crippen molar-refractivity contribution in [1.29, 1.82) is 0 Å². The summed E-state index contributed by atoms with van der Waals surface area (Å²) in [5.41, 5.74) is 2.65. The quantitative estimate of drug-likeness (QED) is 0.683. The van der Waals surface area contributed by atoms with E-state index in [-0.39, 0.29) is 17.6 Å². The van der Waals surface area contributed by atoms with Gasteiger partial charge in [-0.05, 0) is 48.7 Å². The van der Waals surface area contributed by atoms with E-state index in [9.17, 15) is 14.7 Å². The Morgan fingerprint density at radius 3 is 2.36 bits per heavy atom. The Bertz CT molecular complexity index is 1020. The number of nitrogens with zero attached hydrogens (tertiary/aromatic N) is 1. The first kappa shape index (κ1) is 17.8. The summed E-state index contributed by atoms with van der Waals surface area (Å²) in [5.74, 6) is -0.543. The minimum atomic E-state index is -0.665. The smallest absolute Gasteiger partial charge is 0.259 e. The summed E-state index contributed by atoms with van der Waals surface area (Å²) in [4.78, 5) is 27.9. The van der Waals surface area contributed by atoms with Crippen molar-refractivity contribution in [3.8, 4) is 5.75 Å². The fraction of sp³-hybridized carbons (Fsp3) is 0.130. The first-order valence-electron chi connectivity index (χ1n) is 9.20. The molecule has 1 aliphatic heterocycles. The maximum atomic E-state index is 13.3. The Balaban J connectivity index is 1.70. The molecule has 0 spiro atoms. The summed E-state index contributed by atoms with van der Waals surface area (Å²) >= 11 is 0. The lowest BCUT2D eigenvalue weighted by molar-refractivity contribution is -0.117. The van der Waals surface area contributed by atoms with Crippen LogP contribution in [0.5, 0.6) is 5.75 Å². The third-order valence-corrected chi connectivity index (χ3v) is 4.95. The lowest BCUT2D eigenvalue weighted by Gasteiger charge is -2.36. The summed E-state index contributed by atoms with van der Waals surface area (Å²) in [6.45, 7) is 0. The minimum Gasteiger partial charge on any atom is -0.506 e. The number of hydrogen-bond acceptors (Lipinski definition) is 3. The number of phenols is 1. The van der Waals surface area contributed by atoms with Crippen LogP contribution >= 0.6 is 0 Å². The number of carbonyl (C=O) groups is 2. The molecule has 3 aromatic carbocycles. The molecule has 1 atom stereocenters.